The van der Waals surface area contributed by atoms with E-state index in [2.05, 4.69) is 10.6 Å². The highest BCUT2D eigenvalue weighted by atomic mass is 16.6. The topological polar surface area (TPSA) is 111 Å². The fourth-order valence-corrected chi connectivity index (χ4v) is 2.29. The van der Waals surface area contributed by atoms with Crippen molar-refractivity contribution in [3.05, 3.63) is 0 Å². The van der Waals surface area contributed by atoms with E-state index in [9.17, 15) is 19.2 Å². The summed E-state index contributed by atoms with van der Waals surface area (Å²) in [4.78, 5) is 45.2. The molecule has 0 unspecified atom stereocenters. The number of hydrogen-bond acceptors (Lipinski definition) is 6. The Morgan fingerprint density at radius 1 is 0.700 bits per heavy atom. The summed E-state index contributed by atoms with van der Waals surface area (Å²) in [5, 5.41) is 5.11. The van der Waals surface area contributed by atoms with E-state index in [0.29, 0.717) is 6.42 Å². The molecular weight excluding hydrogens is 388 g/mol. The number of Topliss-reactive ketones (excluding diaryl/α,β-unsaturated/α-hetero) is 2. The maximum atomic E-state index is 11.5. The summed E-state index contributed by atoms with van der Waals surface area (Å²) in [6, 6.07) is -0.966. The van der Waals surface area contributed by atoms with Gasteiger partial charge in [-0.2, -0.15) is 0 Å². The molecule has 0 heterocycles. The SMILES string of the molecule is CC(=O)[C@@H](NC(=O)OC(C)(C)C)C(C)(C)C.CC[C@H](NC(=O)OC(C)(C)C)C(C)=O. The molecule has 0 saturated heterocycles. The molecule has 0 aliphatic rings. The number of carbonyl (C=O) groups is 4. The van der Waals surface area contributed by atoms with Crippen molar-refractivity contribution in [1.82, 2.24) is 10.6 Å². The molecule has 30 heavy (non-hydrogen) atoms. The van der Waals surface area contributed by atoms with Crippen molar-refractivity contribution in [1.29, 1.82) is 0 Å². The van der Waals surface area contributed by atoms with E-state index in [1.807, 2.05) is 27.7 Å². The Bertz CT molecular complexity index is 594. The molecule has 0 aliphatic carbocycles. The fraction of sp³-hybridized carbons (Fsp3) is 0.818. The largest absolute Gasteiger partial charge is 0.444 e. The predicted molar refractivity (Wildman–Crippen MR) is 117 cm³/mol. The Labute approximate surface area is 181 Å². The summed E-state index contributed by atoms with van der Waals surface area (Å²) in [7, 11) is 0. The van der Waals surface area contributed by atoms with Gasteiger partial charge in [0.2, 0.25) is 0 Å². The van der Waals surface area contributed by atoms with Gasteiger partial charge in [0.05, 0.1) is 12.1 Å². The molecule has 2 N–H and O–H groups in total. The van der Waals surface area contributed by atoms with E-state index in [4.69, 9.17) is 9.47 Å². The van der Waals surface area contributed by atoms with Crippen molar-refractivity contribution in [2.45, 2.75) is 113 Å². The normalized spacial score (nSPS) is 13.7. The van der Waals surface area contributed by atoms with E-state index in [0.717, 1.165) is 0 Å². The number of ether oxygens (including phenoxy) is 2. The van der Waals surface area contributed by atoms with Crippen LogP contribution in [-0.4, -0.2) is 47.0 Å². The Morgan fingerprint density at radius 3 is 1.30 bits per heavy atom. The Kier molecular flexibility index (Phi) is 11.9. The Morgan fingerprint density at radius 2 is 1.07 bits per heavy atom. The van der Waals surface area contributed by atoms with Gasteiger partial charge in [-0.3, -0.25) is 9.59 Å². The van der Waals surface area contributed by atoms with E-state index in [-0.39, 0.29) is 17.0 Å². The highest BCUT2D eigenvalue weighted by molar-refractivity contribution is 5.86. The zero-order valence-corrected chi connectivity index (χ0v) is 20.8. The second-order valence-corrected chi connectivity index (χ2v) is 10.3. The van der Waals surface area contributed by atoms with Crippen LogP contribution in [0.3, 0.4) is 0 Å². The van der Waals surface area contributed by atoms with Crippen molar-refractivity contribution in [3.8, 4) is 0 Å². The summed E-state index contributed by atoms with van der Waals surface area (Å²) in [5.74, 6) is -0.128. The summed E-state index contributed by atoms with van der Waals surface area (Å²) in [6.07, 6.45) is -0.517. The van der Waals surface area contributed by atoms with Crippen LogP contribution in [0, 0.1) is 5.41 Å². The summed E-state index contributed by atoms with van der Waals surface area (Å²) in [5.41, 5.74) is -1.40. The Hall–Kier alpha value is -2.12. The number of rotatable bonds is 5. The molecule has 0 aliphatic heterocycles. The van der Waals surface area contributed by atoms with Gasteiger partial charge in [-0.1, -0.05) is 27.7 Å². The highest BCUT2D eigenvalue weighted by Gasteiger charge is 2.31. The number of ketones is 2. The quantitative estimate of drug-likeness (QED) is 0.669. The van der Waals surface area contributed by atoms with Crippen LogP contribution in [0.5, 0.6) is 0 Å². The monoisotopic (exact) mass is 430 g/mol. The molecule has 0 spiro atoms. The zero-order valence-electron chi connectivity index (χ0n) is 20.8. The van der Waals surface area contributed by atoms with E-state index >= 15 is 0 Å². The molecule has 0 radical (unpaired) electrons. The molecule has 0 aromatic carbocycles. The highest BCUT2D eigenvalue weighted by Crippen LogP contribution is 2.20. The summed E-state index contributed by atoms with van der Waals surface area (Å²) in [6.45, 7) is 21.1. The van der Waals surface area contributed by atoms with Crippen molar-refractivity contribution in [2.75, 3.05) is 0 Å². The summed E-state index contributed by atoms with van der Waals surface area (Å²) < 4.78 is 10.1. The predicted octanol–water partition coefficient (Wildman–Crippen LogP) is 4.39. The van der Waals surface area contributed by atoms with Gasteiger partial charge in [-0.25, -0.2) is 9.59 Å². The molecule has 176 valence electrons. The summed E-state index contributed by atoms with van der Waals surface area (Å²) >= 11 is 0. The number of alkyl carbamates (subject to hydrolysis) is 2. The molecule has 0 rings (SSSR count). The fourth-order valence-electron chi connectivity index (χ4n) is 2.29. The van der Waals surface area contributed by atoms with E-state index in [1.54, 1.807) is 41.5 Å². The van der Waals surface area contributed by atoms with E-state index < -0.39 is 35.5 Å². The van der Waals surface area contributed by atoms with Gasteiger partial charge >= 0.3 is 12.2 Å². The molecule has 0 saturated carbocycles. The lowest BCUT2D eigenvalue weighted by Crippen LogP contribution is -2.49. The molecule has 8 nitrogen and oxygen atoms in total. The van der Waals surface area contributed by atoms with Gasteiger partial charge in [-0.05, 0) is 67.2 Å². The first-order valence-corrected chi connectivity index (χ1v) is 10.2. The van der Waals surface area contributed by atoms with E-state index in [1.165, 1.54) is 13.8 Å². The van der Waals surface area contributed by atoms with Gasteiger partial charge in [-0.15, -0.1) is 0 Å². The maximum absolute atomic E-state index is 11.5. The number of carbonyl (C=O) groups excluding carboxylic acids is 4. The first-order valence-electron chi connectivity index (χ1n) is 10.2. The lowest BCUT2D eigenvalue weighted by Gasteiger charge is -2.30. The second-order valence-electron chi connectivity index (χ2n) is 10.3. The van der Waals surface area contributed by atoms with Crippen LogP contribution in [0.4, 0.5) is 9.59 Å². The van der Waals surface area contributed by atoms with Crippen LogP contribution in [-0.2, 0) is 19.1 Å². The molecule has 0 bridgehead atoms. The van der Waals surface area contributed by atoms with Crippen molar-refractivity contribution >= 4 is 23.8 Å². The van der Waals surface area contributed by atoms with Crippen molar-refractivity contribution in [2.24, 2.45) is 5.41 Å². The van der Waals surface area contributed by atoms with Crippen LogP contribution < -0.4 is 10.6 Å². The van der Waals surface area contributed by atoms with Crippen LogP contribution >= 0.6 is 0 Å². The smallest absolute Gasteiger partial charge is 0.408 e. The van der Waals surface area contributed by atoms with Gasteiger partial charge in [0.1, 0.15) is 11.2 Å². The van der Waals surface area contributed by atoms with Crippen LogP contribution in [0.25, 0.3) is 0 Å². The third-order valence-electron chi connectivity index (χ3n) is 3.52. The number of nitrogens with one attached hydrogen (secondary N) is 2. The lowest BCUT2D eigenvalue weighted by molar-refractivity contribution is -0.121. The molecule has 0 aromatic heterocycles. The minimum absolute atomic E-state index is 0.0571. The third kappa shape index (κ3) is 15.8. The molecule has 0 aromatic rings. The number of hydrogen-bond donors (Lipinski definition) is 2. The average Bonchev–Trinajstić information content (AvgIpc) is 2.45. The standard InChI is InChI=1S/C12H23NO3.C10H19NO3/c1-8(14)9(11(2,3)4)13-10(15)16-12(5,6)7;1-6-8(7(2)12)11-9(13)14-10(3,4)5/h9H,1-7H3,(H,13,15);8H,6H2,1-5H3,(H,11,13)/t9-;8-/m10/s1. The average molecular weight is 431 g/mol. The first kappa shape index (κ1) is 30.1. The minimum atomic E-state index is -0.553. The van der Waals surface area contributed by atoms with Gasteiger partial charge in [0.25, 0.3) is 0 Å². The lowest BCUT2D eigenvalue weighted by atomic mass is 9.85. The van der Waals surface area contributed by atoms with Crippen LogP contribution in [0.1, 0.15) is 89.5 Å². The Balaban J connectivity index is 0. The zero-order chi connectivity index (χ0) is 24.5. The number of amides is 2. The first-order chi connectivity index (χ1) is 13.2. The van der Waals surface area contributed by atoms with Gasteiger partial charge in [0, 0.05) is 0 Å². The molecule has 2 amide bonds. The van der Waals surface area contributed by atoms with Crippen LogP contribution in [0.2, 0.25) is 0 Å². The molecular formula is C22H42N2O6. The van der Waals surface area contributed by atoms with Crippen molar-refractivity contribution < 1.29 is 28.7 Å². The second kappa shape index (κ2) is 11.9. The minimum Gasteiger partial charge on any atom is -0.444 e. The van der Waals surface area contributed by atoms with Crippen LogP contribution in [0.15, 0.2) is 0 Å². The molecule has 0 fully saturated rings. The van der Waals surface area contributed by atoms with Crippen molar-refractivity contribution in [3.63, 3.8) is 0 Å². The van der Waals surface area contributed by atoms with Gasteiger partial charge < -0.3 is 20.1 Å². The molecule has 2 atom stereocenters. The molecule has 8 heteroatoms. The van der Waals surface area contributed by atoms with Gasteiger partial charge in [0.15, 0.2) is 11.6 Å². The third-order valence-corrected chi connectivity index (χ3v) is 3.52. The maximum Gasteiger partial charge on any atom is 0.408 e.